The molecule has 0 spiro atoms. The molecule has 3 nitrogen and oxygen atoms in total. The molecule has 18 heavy (non-hydrogen) atoms. The van der Waals surface area contributed by atoms with Crippen molar-refractivity contribution in [2.24, 2.45) is 5.92 Å². The highest BCUT2D eigenvalue weighted by atomic mass is 32.2. The van der Waals surface area contributed by atoms with Gasteiger partial charge < -0.3 is 5.32 Å². The van der Waals surface area contributed by atoms with E-state index in [1.165, 1.54) is 7.05 Å². The van der Waals surface area contributed by atoms with E-state index in [2.05, 4.69) is 5.32 Å². The van der Waals surface area contributed by atoms with Crippen LogP contribution in [0.3, 0.4) is 0 Å². The number of sulfone groups is 1. The lowest BCUT2D eigenvalue weighted by atomic mass is 9.82. The molecule has 3 unspecified atom stereocenters. The molecule has 0 aliphatic heterocycles. The van der Waals surface area contributed by atoms with Crippen LogP contribution in [0.25, 0.3) is 0 Å². The summed E-state index contributed by atoms with van der Waals surface area (Å²) in [5.41, 5.74) is 0. The van der Waals surface area contributed by atoms with Crippen LogP contribution in [0, 0.1) is 5.92 Å². The molecule has 0 heterocycles. The quantitative estimate of drug-likeness (QED) is 0.861. The van der Waals surface area contributed by atoms with E-state index in [1.54, 1.807) is 0 Å². The highest BCUT2D eigenvalue weighted by Gasteiger charge is 2.38. The number of hydrogen-bond donors (Lipinski definition) is 1. The number of nitrogens with one attached hydrogen (secondary N) is 1. The van der Waals surface area contributed by atoms with Gasteiger partial charge in [0.25, 0.3) is 0 Å². The first-order valence-corrected chi connectivity index (χ1v) is 8.02. The van der Waals surface area contributed by atoms with Crippen molar-refractivity contribution in [3.63, 3.8) is 0 Å². The topological polar surface area (TPSA) is 46.2 Å². The van der Waals surface area contributed by atoms with Crippen LogP contribution >= 0.6 is 0 Å². The Kier molecular flexibility index (Phi) is 5.05. The second kappa shape index (κ2) is 5.77. The Balaban J connectivity index is 2.70. The summed E-state index contributed by atoms with van der Waals surface area (Å²) < 4.78 is 60.2. The zero-order valence-electron chi connectivity index (χ0n) is 10.6. The smallest absolute Gasteiger partial charge is 0.316 e. The Labute approximate surface area is 106 Å². The second-order valence-electron chi connectivity index (χ2n) is 5.09. The Morgan fingerprint density at radius 3 is 2.39 bits per heavy atom. The van der Waals surface area contributed by atoms with Crippen LogP contribution in [-0.4, -0.2) is 39.2 Å². The van der Waals surface area contributed by atoms with Gasteiger partial charge in [-0.25, -0.2) is 8.42 Å². The third-order valence-corrected chi connectivity index (χ3v) is 5.30. The molecule has 0 aromatic heterocycles. The van der Waals surface area contributed by atoms with Gasteiger partial charge in [0, 0.05) is 12.3 Å². The molecular formula is C11H20F3NO2S. The third-order valence-electron chi connectivity index (χ3n) is 3.66. The minimum absolute atomic E-state index is 0.218. The number of alkyl halides is 3. The summed E-state index contributed by atoms with van der Waals surface area (Å²) >= 11 is 0. The van der Waals surface area contributed by atoms with Crippen molar-refractivity contribution >= 4 is 9.84 Å². The molecule has 3 atom stereocenters. The maximum Gasteiger partial charge on any atom is 0.390 e. The first-order chi connectivity index (χ1) is 8.13. The van der Waals surface area contributed by atoms with Gasteiger partial charge in [0.15, 0.2) is 0 Å². The van der Waals surface area contributed by atoms with E-state index in [0.29, 0.717) is 25.7 Å². The van der Waals surface area contributed by atoms with Crippen LogP contribution in [-0.2, 0) is 9.84 Å². The van der Waals surface area contributed by atoms with Crippen molar-refractivity contribution in [2.75, 3.05) is 13.3 Å². The van der Waals surface area contributed by atoms with E-state index in [1.807, 2.05) is 0 Å². The summed E-state index contributed by atoms with van der Waals surface area (Å²) in [5.74, 6) is -0.218. The van der Waals surface area contributed by atoms with Crippen LogP contribution in [0.1, 0.15) is 32.1 Å². The summed E-state index contributed by atoms with van der Waals surface area (Å²) in [5, 5.41) is 2.20. The van der Waals surface area contributed by atoms with Crippen molar-refractivity contribution in [1.29, 1.82) is 0 Å². The van der Waals surface area contributed by atoms with Crippen LogP contribution in [0.4, 0.5) is 13.2 Å². The maximum absolute atomic E-state index is 12.4. The molecule has 0 radical (unpaired) electrons. The summed E-state index contributed by atoms with van der Waals surface area (Å²) in [7, 11) is -1.65. The fourth-order valence-electron chi connectivity index (χ4n) is 2.69. The predicted molar refractivity (Wildman–Crippen MR) is 64.1 cm³/mol. The van der Waals surface area contributed by atoms with Gasteiger partial charge in [-0.05, 0) is 32.2 Å². The molecule has 0 aromatic rings. The van der Waals surface area contributed by atoms with Gasteiger partial charge in [0.2, 0.25) is 0 Å². The first kappa shape index (κ1) is 15.8. The lowest BCUT2D eigenvalue weighted by Gasteiger charge is -2.34. The normalized spacial score (nSPS) is 28.1. The van der Waals surface area contributed by atoms with Crippen molar-refractivity contribution in [1.82, 2.24) is 5.32 Å². The van der Waals surface area contributed by atoms with E-state index >= 15 is 0 Å². The third kappa shape index (κ3) is 4.76. The van der Waals surface area contributed by atoms with E-state index < -0.39 is 33.7 Å². The molecule has 1 rings (SSSR count). The summed E-state index contributed by atoms with van der Waals surface area (Å²) in [4.78, 5) is 0. The lowest BCUT2D eigenvalue weighted by molar-refractivity contribution is -0.143. The molecule has 0 aromatic carbocycles. The lowest BCUT2D eigenvalue weighted by Crippen LogP contribution is -2.42. The zero-order chi connectivity index (χ0) is 14.0. The highest BCUT2D eigenvalue weighted by molar-refractivity contribution is 7.91. The van der Waals surface area contributed by atoms with Crippen molar-refractivity contribution < 1.29 is 21.6 Å². The van der Waals surface area contributed by atoms with Gasteiger partial charge in [-0.15, -0.1) is 0 Å². The molecule has 7 heteroatoms. The maximum atomic E-state index is 12.4. The minimum Gasteiger partial charge on any atom is -0.316 e. The summed E-state index contributed by atoms with van der Waals surface area (Å²) in [6, 6.07) is -0.686. The number of hydrogen-bond acceptors (Lipinski definition) is 3. The van der Waals surface area contributed by atoms with Crippen LogP contribution in [0.2, 0.25) is 0 Å². The van der Waals surface area contributed by atoms with Crippen LogP contribution in [0.15, 0.2) is 0 Å². The minimum atomic E-state index is -4.22. The Hall–Kier alpha value is -0.300. The monoisotopic (exact) mass is 287 g/mol. The van der Waals surface area contributed by atoms with E-state index in [4.69, 9.17) is 0 Å². The summed E-state index contributed by atoms with van der Waals surface area (Å²) in [6.45, 7) is 0. The van der Waals surface area contributed by atoms with Gasteiger partial charge in [-0.2, -0.15) is 13.2 Å². The largest absolute Gasteiger partial charge is 0.390 e. The number of halogens is 3. The van der Waals surface area contributed by atoms with E-state index in [9.17, 15) is 21.6 Å². The molecular weight excluding hydrogens is 267 g/mol. The van der Waals surface area contributed by atoms with Gasteiger partial charge in [0.05, 0.1) is 11.7 Å². The molecule has 108 valence electrons. The van der Waals surface area contributed by atoms with Crippen molar-refractivity contribution in [3.8, 4) is 0 Å². The molecule has 0 amide bonds. The average molecular weight is 287 g/mol. The zero-order valence-corrected chi connectivity index (χ0v) is 11.4. The first-order valence-electron chi connectivity index (χ1n) is 6.06. The molecule has 0 saturated heterocycles. The van der Waals surface area contributed by atoms with E-state index in [-0.39, 0.29) is 5.92 Å². The molecule has 1 aliphatic carbocycles. The molecule has 1 aliphatic rings. The fourth-order valence-corrected chi connectivity index (χ4v) is 3.88. The predicted octanol–water partition coefficient (Wildman–Crippen LogP) is 2.13. The average Bonchev–Trinajstić information content (AvgIpc) is 2.23. The van der Waals surface area contributed by atoms with E-state index in [0.717, 1.165) is 6.26 Å². The van der Waals surface area contributed by atoms with Gasteiger partial charge in [0.1, 0.15) is 9.84 Å². The Morgan fingerprint density at radius 2 is 1.94 bits per heavy atom. The Bertz CT molecular complexity index is 367. The molecule has 1 N–H and O–H groups in total. The van der Waals surface area contributed by atoms with Crippen molar-refractivity contribution in [3.05, 3.63) is 0 Å². The second-order valence-corrected chi connectivity index (χ2v) is 7.42. The van der Waals surface area contributed by atoms with Crippen LogP contribution in [0.5, 0.6) is 0 Å². The Morgan fingerprint density at radius 1 is 1.33 bits per heavy atom. The fraction of sp³-hybridized carbons (Fsp3) is 1.00. The highest BCUT2D eigenvalue weighted by Crippen LogP contribution is 2.34. The van der Waals surface area contributed by atoms with Crippen LogP contribution < -0.4 is 5.32 Å². The number of rotatable bonds is 4. The molecule has 1 fully saturated rings. The SMILES string of the molecule is CNC(CC(F)(F)F)C1CCCC(S(C)(=O)=O)C1. The molecule has 1 saturated carbocycles. The van der Waals surface area contributed by atoms with Gasteiger partial charge in [-0.1, -0.05) is 6.42 Å². The van der Waals surface area contributed by atoms with Gasteiger partial charge in [-0.3, -0.25) is 0 Å². The van der Waals surface area contributed by atoms with Gasteiger partial charge >= 0.3 is 6.18 Å². The van der Waals surface area contributed by atoms with Crippen molar-refractivity contribution in [2.45, 2.75) is 49.6 Å². The standard InChI is InChI=1S/C11H20F3NO2S/c1-15-10(7-11(12,13)14)8-4-3-5-9(6-8)18(2,16)17/h8-10,15H,3-7H2,1-2H3. The molecule has 0 bridgehead atoms. The summed E-state index contributed by atoms with van der Waals surface area (Å²) in [6.07, 6.45) is -1.71.